The Bertz CT molecular complexity index is 273. The van der Waals surface area contributed by atoms with Crippen molar-refractivity contribution in [3.8, 4) is 0 Å². The molecule has 0 aliphatic heterocycles. The Morgan fingerprint density at radius 2 is 1.79 bits per heavy atom. The van der Waals surface area contributed by atoms with E-state index in [4.69, 9.17) is 10.2 Å². The van der Waals surface area contributed by atoms with E-state index < -0.39 is 17.9 Å². The van der Waals surface area contributed by atoms with Crippen molar-refractivity contribution >= 4 is 11.9 Å². The molecule has 0 radical (unpaired) electrons. The lowest BCUT2D eigenvalue weighted by molar-refractivity contribution is -0.147. The number of aliphatic carboxylic acids is 2. The van der Waals surface area contributed by atoms with Crippen molar-refractivity contribution in [3.63, 3.8) is 0 Å². The van der Waals surface area contributed by atoms with Crippen molar-refractivity contribution in [3.05, 3.63) is 0 Å². The molecule has 78 valence electrons. The van der Waals surface area contributed by atoms with E-state index >= 15 is 0 Å². The first kappa shape index (κ1) is 9.49. The fraction of sp³-hybridized carbons (Fsp3) is 0.800. The van der Waals surface area contributed by atoms with Crippen LogP contribution in [0.5, 0.6) is 0 Å². The summed E-state index contributed by atoms with van der Waals surface area (Å²) >= 11 is 0. The van der Waals surface area contributed by atoms with Gasteiger partial charge in [0.15, 0.2) is 0 Å². The lowest BCUT2D eigenvalue weighted by atomic mass is 9.77. The zero-order chi connectivity index (χ0) is 10.3. The molecule has 2 aliphatic rings. The highest BCUT2D eigenvalue weighted by molar-refractivity contribution is 5.74. The summed E-state index contributed by atoms with van der Waals surface area (Å²) in [7, 11) is 0. The number of rotatable bonds is 3. The minimum absolute atomic E-state index is 0.0259. The largest absolute Gasteiger partial charge is 0.481 e. The minimum atomic E-state index is -0.867. The molecule has 0 spiro atoms. The maximum absolute atomic E-state index is 11.0. The second kappa shape index (κ2) is 3.26. The van der Waals surface area contributed by atoms with Crippen LogP contribution >= 0.6 is 0 Å². The Morgan fingerprint density at radius 1 is 1.14 bits per heavy atom. The van der Waals surface area contributed by atoms with Crippen LogP contribution in [0.2, 0.25) is 0 Å². The predicted octanol–water partition coefficient (Wildman–Crippen LogP) is 1.21. The average molecular weight is 198 g/mol. The van der Waals surface area contributed by atoms with Gasteiger partial charge in [-0.25, -0.2) is 0 Å². The summed E-state index contributed by atoms with van der Waals surface area (Å²) in [6.45, 7) is 0. The normalized spacial score (nSPS) is 40.0. The van der Waals surface area contributed by atoms with Gasteiger partial charge in [-0.15, -0.1) is 0 Å². The summed E-state index contributed by atoms with van der Waals surface area (Å²) in [5.41, 5.74) is 0. The first-order chi connectivity index (χ1) is 6.59. The van der Waals surface area contributed by atoms with Crippen LogP contribution in [-0.4, -0.2) is 22.2 Å². The molecule has 0 amide bonds. The predicted molar refractivity (Wildman–Crippen MR) is 47.7 cm³/mol. The summed E-state index contributed by atoms with van der Waals surface area (Å²) in [6.07, 6.45) is 2.94. The topological polar surface area (TPSA) is 74.6 Å². The van der Waals surface area contributed by atoms with E-state index in [1.165, 1.54) is 0 Å². The van der Waals surface area contributed by atoms with E-state index in [1.807, 2.05) is 0 Å². The summed E-state index contributed by atoms with van der Waals surface area (Å²) in [5, 5.41) is 17.7. The molecule has 4 heteroatoms. The summed E-state index contributed by atoms with van der Waals surface area (Å²) < 4.78 is 0. The van der Waals surface area contributed by atoms with Gasteiger partial charge in [0.1, 0.15) is 0 Å². The molecule has 2 bridgehead atoms. The van der Waals surface area contributed by atoms with E-state index in [0.29, 0.717) is 5.92 Å². The molecule has 14 heavy (non-hydrogen) atoms. The number of carbonyl (C=O) groups is 2. The van der Waals surface area contributed by atoms with Gasteiger partial charge in [-0.1, -0.05) is 0 Å². The SMILES string of the molecule is O=C(O)CC1C2CCC(C2)C1C(=O)O. The van der Waals surface area contributed by atoms with Gasteiger partial charge in [-0.3, -0.25) is 9.59 Å². The van der Waals surface area contributed by atoms with Crippen molar-refractivity contribution in [1.29, 1.82) is 0 Å². The van der Waals surface area contributed by atoms with Gasteiger partial charge in [0.25, 0.3) is 0 Å². The fourth-order valence-corrected chi connectivity index (χ4v) is 3.29. The standard InChI is InChI=1S/C10H14O4/c11-8(12)4-7-5-1-2-6(3-5)9(7)10(13)14/h5-7,9H,1-4H2,(H,11,12)(H,13,14). The third kappa shape index (κ3) is 1.38. The molecule has 2 fully saturated rings. The van der Waals surface area contributed by atoms with Crippen LogP contribution in [0.15, 0.2) is 0 Å². The monoisotopic (exact) mass is 198 g/mol. The van der Waals surface area contributed by atoms with Crippen molar-refractivity contribution in [1.82, 2.24) is 0 Å². The summed E-state index contributed by atoms with van der Waals surface area (Å²) in [4.78, 5) is 21.6. The second-order valence-corrected chi connectivity index (χ2v) is 4.46. The van der Waals surface area contributed by atoms with E-state index in [9.17, 15) is 9.59 Å². The molecule has 2 rings (SSSR count). The quantitative estimate of drug-likeness (QED) is 0.714. The smallest absolute Gasteiger partial charge is 0.307 e. The first-order valence-corrected chi connectivity index (χ1v) is 5.04. The maximum Gasteiger partial charge on any atom is 0.307 e. The molecule has 4 nitrogen and oxygen atoms in total. The number of carboxylic acids is 2. The molecule has 0 aromatic carbocycles. The zero-order valence-corrected chi connectivity index (χ0v) is 7.85. The highest BCUT2D eigenvalue weighted by Gasteiger charge is 2.51. The van der Waals surface area contributed by atoms with Gasteiger partial charge in [0.05, 0.1) is 5.92 Å². The molecule has 4 unspecified atom stereocenters. The Labute approximate surface area is 81.9 Å². The van der Waals surface area contributed by atoms with Gasteiger partial charge in [0, 0.05) is 6.42 Å². The van der Waals surface area contributed by atoms with E-state index in [-0.39, 0.29) is 18.3 Å². The first-order valence-electron chi connectivity index (χ1n) is 5.04. The van der Waals surface area contributed by atoms with Crippen LogP contribution in [0.4, 0.5) is 0 Å². The van der Waals surface area contributed by atoms with E-state index in [2.05, 4.69) is 0 Å². The number of hydrogen-bond donors (Lipinski definition) is 2. The zero-order valence-electron chi connectivity index (χ0n) is 7.85. The van der Waals surface area contributed by atoms with Crippen molar-refractivity contribution in [2.75, 3.05) is 0 Å². The van der Waals surface area contributed by atoms with Crippen LogP contribution in [-0.2, 0) is 9.59 Å². The number of fused-ring (bicyclic) bond motifs is 2. The molecular formula is C10H14O4. The third-order valence-electron chi connectivity index (χ3n) is 3.78. The molecule has 2 aliphatic carbocycles. The Kier molecular flexibility index (Phi) is 2.21. The molecule has 0 heterocycles. The van der Waals surface area contributed by atoms with Crippen molar-refractivity contribution < 1.29 is 19.8 Å². The Balaban J connectivity index is 2.13. The van der Waals surface area contributed by atoms with Crippen LogP contribution in [0.25, 0.3) is 0 Å². The molecular weight excluding hydrogens is 184 g/mol. The minimum Gasteiger partial charge on any atom is -0.481 e. The molecule has 0 aromatic heterocycles. The lowest BCUT2D eigenvalue weighted by Gasteiger charge is -2.26. The average Bonchev–Trinajstić information content (AvgIpc) is 2.61. The summed E-state index contributed by atoms with van der Waals surface area (Å²) in [6, 6.07) is 0. The maximum atomic E-state index is 11.0. The molecule has 0 aromatic rings. The van der Waals surface area contributed by atoms with Crippen molar-refractivity contribution in [2.45, 2.75) is 25.7 Å². The molecule has 2 saturated carbocycles. The molecule has 4 atom stereocenters. The lowest BCUT2D eigenvalue weighted by Crippen LogP contribution is -2.30. The van der Waals surface area contributed by atoms with Crippen molar-refractivity contribution in [2.24, 2.45) is 23.7 Å². The van der Waals surface area contributed by atoms with Gasteiger partial charge >= 0.3 is 11.9 Å². The van der Waals surface area contributed by atoms with Crippen LogP contribution in [0, 0.1) is 23.7 Å². The van der Waals surface area contributed by atoms with Gasteiger partial charge in [-0.05, 0) is 37.0 Å². The van der Waals surface area contributed by atoms with Gasteiger partial charge in [-0.2, -0.15) is 0 Å². The van der Waals surface area contributed by atoms with Crippen LogP contribution < -0.4 is 0 Å². The van der Waals surface area contributed by atoms with Crippen LogP contribution in [0.1, 0.15) is 25.7 Å². The van der Waals surface area contributed by atoms with E-state index in [1.54, 1.807) is 0 Å². The fourth-order valence-electron chi connectivity index (χ4n) is 3.29. The second-order valence-electron chi connectivity index (χ2n) is 4.46. The highest BCUT2D eigenvalue weighted by Crippen LogP contribution is 2.53. The number of hydrogen-bond acceptors (Lipinski definition) is 2. The summed E-state index contributed by atoms with van der Waals surface area (Å²) in [5.74, 6) is -1.61. The molecule has 0 saturated heterocycles. The van der Waals surface area contributed by atoms with E-state index in [0.717, 1.165) is 19.3 Å². The van der Waals surface area contributed by atoms with Crippen LogP contribution in [0.3, 0.4) is 0 Å². The Morgan fingerprint density at radius 3 is 2.36 bits per heavy atom. The van der Waals surface area contributed by atoms with Gasteiger partial charge in [0.2, 0.25) is 0 Å². The Hall–Kier alpha value is -1.06. The highest BCUT2D eigenvalue weighted by atomic mass is 16.4. The number of carboxylic acid groups (broad SMARTS) is 2. The van der Waals surface area contributed by atoms with Gasteiger partial charge < -0.3 is 10.2 Å². The third-order valence-corrected chi connectivity index (χ3v) is 3.78. The molecule has 2 N–H and O–H groups in total.